The highest BCUT2D eigenvalue weighted by atomic mass is 16.7. The van der Waals surface area contributed by atoms with Crippen LogP contribution in [-0.4, -0.2) is 30.1 Å². The quantitative estimate of drug-likeness (QED) is 0.925. The van der Waals surface area contributed by atoms with E-state index in [0.717, 1.165) is 0 Å². The first-order chi connectivity index (χ1) is 11.0. The number of carboxylic acids is 1. The van der Waals surface area contributed by atoms with E-state index in [9.17, 15) is 4.79 Å². The molecule has 1 aliphatic heterocycles. The Bertz CT molecular complexity index is 725. The van der Waals surface area contributed by atoms with E-state index in [1.165, 1.54) is 22.3 Å². The molecule has 118 valence electrons. The highest BCUT2D eigenvalue weighted by Gasteiger charge is 2.50. The Balaban J connectivity index is 1.77. The maximum Gasteiger partial charge on any atom is 0.308 e. The van der Waals surface area contributed by atoms with Gasteiger partial charge in [0.25, 0.3) is 0 Å². The van der Waals surface area contributed by atoms with Crippen LogP contribution in [0, 0.1) is 0 Å². The van der Waals surface area contributed by atoms with Gasteiger partial charge in [-0.25, -0.2) is 0 Å². The minimum absolute atomic E-state index is 0.160. The summed E-state index contributed by atoms with van der Waals surface area (Å²) >= 11 is 0. The van der Waals surface area contributed by atoms with Crippen LogP contribution in [0.5, 0.6) is 0 Å². The van der Waals surface area contributed by atoms with Crippen LogP contribution in [0.2, 0.25) is 0 Å². The van der Waals surface area contributed by atoms with Crippen molar-refractivity contribution < 1.29 is 19.4 Å². The fraction of sp³-hybridized carbons (Fsp3) is 0.316. The molecule has 1 aliphatic carbocycles. The Morgan fingerprint density at radius 2 is 1.48 bits per heavy atom. The van der Waals surface area contributed by atoms with Crippen molar-refractivity contribution in [2.75, 3.05) is 13.2 Å². The van der Waals surface area contributed by atoms with Crippen LogP contribution in [0.3, 0.4) is 0 Å². The van der Waals surface area contributed by atoms with Gasteiger partial charge in [-0.1, -0.05) is 48.5 Å². The number of aliphatic carboxylic acids is 1. The molecule has 23 heavy (non-hydrogen) atoms. The molecule has 4 nitrogen and oxygen atoms in total. The van der Waals surface area contributed by atoms with E-state index in [4.69, 9.17) is 14.6 Å². The standard InChI is InChI=1S/C19H18O4/c1-18(10-17(20)21)22-11-19(12-23-18)15-8-4-2-6-13(15)14-7-3-5-9-16(14)19/h2-9H,10-12H2,1H3,(H,20,21). The van der Waals surface area contributed by atoms with Crippen LogP contribution in [-0.2, 0) is 19.7 Å². The van der Waals surface area contributed by atoms with E-state index < -0.39 is 11.8 Å². The van der Waals surface area contributed by atoms with Gasteiger partial charge in [-0.15, -0.1) is 0 Å². The molecule has 0 amide bonds. The van der Waals surface area contributed by atoms with Crippen LogP contribution in [0.25, 0.3) is 11.1 Å². The predicted octanol–water partition coefficient (Wildman–Crippen LogP) is 3.19. The first-order valence-corrected chi connectivity index (χ1v) is 7.73. The minimum atomic E-state index is -1.07. The average Bonchev–Trinajstić information content (AvgIpc) is 2.81. The summed E-state index contributed by atoms with van der Waals surface area (Å²) in [4.78, 5) is 11.0. The van der Waals surface area contributed by atoms with Crippen molar-refractivity contribution in [3.05, 3.63) is 59.7 Å². The second-order valence-electron chi connectivity index (χ2n) is 6.45. The van der Waals surface area contributed by atoms with E-state index in [-0.39, 0.29) is 11.8 Å². The lowest BCUT2D eigenvalue weighted by Gasteiger charge is -2.43. The third-order valence-electron chi connectivity index (χ3n) is 4.90. The molecule has 2 aromatic carbocycles. The third kappa shape index (κ3) is 2.10. The Kier molecular flexibility index (Phi) is 3.08. The lowest BCUT2D eigenvalue weighted by Crippen LogP contribution is -2.51. The van der Waals surface area contributed by atoms with Gasteiger partial charge >= 0.3 is 5.97 Å². The number of hydrogen-bond acceptors (Lipinski definition) is 3. The SMILES string of the molecule is CC1(CC(=O)O)OCC2(CO1)c1ccccc1-c1ccccc12. The number of hydrogen-bond donors (Lipinski definition) is 1. The van der Waals surface area contributed by atoms with Crippen molar-refractivity contribution in [2.24, 2.45) is 0 Å². The van der Waals surface area contributed by atoms with E-state index in [1.54, 1.807) is 6.92 Å². The number of benzene rings is 2. The zero-order valence-corrected chi connectivity index (χ0v) is 12.9. The molecule has 1 spiro atoms. The molecule has 1 fully saturated rings. The van der Waals surface area contributed by atoms with E-state index in [0.29, 0.717) is 13.2 Å². The Hall–Kier alpha value is -2.17. The highest BCUT2D eigenvalue weighted by molar-refractivity contribution is 5.81. The molecule has 0 aromatic heterocycles. The third-order valence-corrected chi connectivity index (χ3v) is 4.90. The highest BCUT2D eigenvalue weighted by Crippen LogP contribution is 2.51. The molecule has 0 unspecified atom stereocenters. The largest absolute Gasteiger partial charge is 0.481 e. The summed E-state index contributed by atoms with van der Waals surface area (Å²) in [5, 5.41) is 9.04. The van der Waals surface area contributed by atoms with Crippen molar-refractivity contribution in [1.29, 1.82) is 0 Å². The summed E-state index contributed by atoms with van der Waals surface area (Å²) in [6.07, 6.45) is -0.160. The molecule has 1 heterocycles. The van der Waals surface area contributed by atoms with E-state index in [1.807, 2.05) is 24.3 Å². The number of rotatable bonds is 2. The summed E-state index contributed by atoms with van der Waals surface area (Å²) in [6, 6.07) is 16.6. The fourth-order valence-electron chi connectivity index (χ4n) is 3.74. The monoisotopic (exact) mass is 310 g/mol. The van der Waals surface area contributed by atoms with Crippen molar-refractivity contribution >= 4 is 5.97 Å². The van der Waals surface area contributed by atoms with Gasteiger partial charge in [0.15, 0.2) is 5.79 Å². The van der Waals surface area contributed by atoms with Gasteiger partial charge in [-0.05, 0) is 29.2 Å². The zero-order chi connectivity index (χ0) is 16.1. The molecule has 0 atom stereocenters. The molecule has 1 saturated heterocycles. The molecule has 0 radical (unpaired) electrons. The number of carbonyl (C=O) groups is 1. The Labute approximate surface area is 134 Å². The number of ether oxygens (including phenoxy) is 2. The van der Waals surface area contributed by atoms with Crippen molar-refractivity contribution in [2.45, 2.75) is 24.5 Å². The normalized spacial score (nSPS) is 20.0. The zero-order valence-electron chi connectivity index (χ0n) is 12.9. The van der Waals surface area contributed by atoms with Crippen molar-refractivity contribution in [3.63, 3.8) is 0 Å². The van der Waals surface area contributed by atoms with Crippen LogP contribution in [0.15, 0.2) is 48.5 Å². The van der Waals surface area contributed by atoms with Crippen LogP contribution >= 0.6 is 0 Å². The second-order valence-corrected chi connectivity index (χ2v) is 6.45. The molecule has 1 N–H and O–H groups in total. The van der Waals surface area contributed by atoms with Crippen LogP contribution < -0.4 is 0 Å². The van der Waals surface area contributed by atoms with Crippen molar-refractivity contribution in [3.8, 4) is 11.1 Å². The lowest BCUT2D eigenvalue weighted by molar-refractivity contribution is -0.275. The fourth-order valence-corrected chi connectivity index (χ4v) is 3.74. The summed E-state index contributed by atoms with van der Waals surface area (Å²) in [6.45, 7) is 2.54. The molecule has 0 bridgehead atoms. The van der Waals surface area contributed by atoms with Gasteiger partial charge in [-0.2, -0.15) is 0 Å². The van der Waals surface area contributed by atoms with Crippen LogP contribution in [0.1, 0.15) is 24.5 Å². The van der Waals surface area contributed by atoms with E-state index >= 15 is 0 Å². The molecule has 2 aromatic rings. The van der Waals surface area contributed by atoms with Gasteiger partial charge in [0.2, 0.25) is 0 Å². The average molecular weight is 310 g/mol. The topological polar surface area (TPSA) is 55.8 Å². The van der Waals surface area contributed by atoms with E-state index in [2.05, 4.69) is 24.3 Å². The van der Waals surface area contributed by atoms with Gasteiger partial charge in [0.05, 0.1) is 25.0 Å². The number of fused-ring (bicyclic) bond motifs is 5. The molecular formula is C19H18O4. The van der Waals surface area contributed by atoms with Gasteiger partial charge in [0.1, 0.15) is 0 Å². The molecule has 4 rings (SSSR count). The van der Waals surface area contributed by atoms with Gasteiger partial charge < -0.3 is 14.6 Å². The van der Waals surface area contributed by atoms with Gasteiger partial charge in [0, 0.05) is 0 Å². The minimum Gasteiger partial charge on any atom is -0.481 e. The Morgan fingerprint density at radius 3 is 1.96 bits per heavy atom. The molecule has 2 aliphatic rings. The lowest BCUT2D eigenvalue weighted by atomic mass is 9.79. The predicted molar refractivity (Wildman–Crippen MR) is 85.2 cm³/mol. The second kappa shape index (κ2) is 4.91. The summed E-state index contributed by atoms with van der Waals surface area (Å²) in [5.41, 5.74) is 4.44. The van der Waals surface area contributed by atoms with Gasteiger partial charge in [-0.3, -0.25) is 4.79 Å². The summed E-state index contributed by atoms with van der Waals surface area (Å²) in [5.74, 6) is -1.99. The summed E-state index contributed by atoms with van der Waals surface area (Å²) < 4.78 is 11.8. The Morgan fingerprint density at radius 1 is 1.00 bits per heavy atom. The molecule has 0 saturated carbocycles. The maximum atomic E-state index is 11.0. The van der Waals surface area contributed by atoms with Crippen molar-refractivity contribution in [1.82, 2.24) is 0 Å². The molecule has 4 heteroatoms. The molecular weight excluding hydrogens is 292 g/mol. The van der Waals surface area contributed by atoms with Crippen LogP contribution in [0.4, 0.5) is 0 Å². The summed E-state index contributed by atoms with van der Waals surface area (Å²) in [7, 11) is 0. The maximum absolute atomic E-state index is 11.0. The smallest absolute Gasteiger partial charge is 0.308 e. The number of carboxylic acid groups (broad SMARTS) is 1. The first-order valence-electron chi connectivity index (χ1n) is 7.73. The first kappa shape index (κ1) is 14.4.